The molecule has 116 valence electrons. The lowest BCUT2D eigenvalue weighted by molar-refractivity contribution is -0.384. The molecule has 0 bridgehead atoms. The highest BCUT2D eigenvalue weighted by Gasteiger charge is 2.11. The third-order valence-corrected chi connectivity index (χ3v) is 3.78. The zero-order chi connectivity index (χ0) is 16.4. The Hall–Kier alpha value is -3.08. The van der Waals surface area contributed by atoms with Gasteiger partial charge in [-0.3, -0.25) is 10.1 Å². The summed E-state index contributed by atoms with van der Waals surface area (Å²) in [7, 11) is 1.64. The van der Waals surface area contributed by atoms with Crippen molar-refractivity contribution in [1.29, 1.82) is 0 Å². The first-order valence-corrected chi connectivity index (χ1v) is 7.18. The van der Waals surface area contributed by atoms with Gasteiger partial charge in [0.25, 0.3) is 5.69 Å². The predicted molar refractivity (Wildman–Crippen MR) is 89.1 cm³/mol. The molecule has 5 heteroatoms. The van der Waals surface area contributed by atoms with Crippen LogP contribution >= 0.6 is 0 Å². The number of nitro groups is 1. The van der Waals surface area contributed by atoms with Gasteiger partial charge in [-0.25, -0.2) is 0 Å². The minimum atomic E-state index is -0.392. The summed E-state index contributed by atoms with van der Waals surface area (Å²) in [6.45, 7) is 2.01. The van der Waals surface area contributed by atoms with Crippen LogP contribution in [0.3, 0.4) is 0 Å². The minimum absolute atomic E-state index is 0.0876. The summed E-state index contributed by atoms with van der Waals surface area (Å²) < 4.78 is 7.27. The third kappa shape index (κ3) is 2.81. The van der Waals surface area contributed by atoms with E-state index in [9.17, 15) is 10.1 Å². The number of aryl methyl sites for hydroxylation is 1. The second kappa shape index (κ2) is 5.96. The van der Waals surface area contributed by atoms with Gasteiger partial charge in [-0.2, -0.15) is 0 Å². The number of hydrogen-bond acceptors (Lipinski definition) is 3. The van der Waals surface area contributed by atoms with E-state index >= 15 is 0 Å². The van der Waals surface area contributed by atoms with Gasteiger partial charge in [0.1, 0.15) is 5.75 Å². The number of nitrogens with zero attached hydrogens (tertiary/aromatic N) is 2. The second-order valence-corrected chi connectivity index (χ2v) is 5.20. The van der Waals surface area contributed by atoms with Crippen molar-refractivity contribution in [2.75, 3.05) is 7.11 Å². The lowest BCUT2D eigenvalue weighted by Crippen LogP contribution is -1.99. The first-order chi connectivity index (χ1) is 11.1. The van der Waals surface area contributed by atoms with Gasteiger partial charge in [-0.15, -0.1) is 0 Å². The summed E-state index contributed by atoms with van der Waals surface area (Å²) in [5.74, 6) is 0.805. The van der Waals surface area contributed by atoms with Crippen LogP contribution in [0.4, 0.5) is 5.69 Å². The summed E-state index contributed by atoms with van der Waals surface area (Å²) >= 11 is 0. The van der Waals surface area contributed by atoms with Crippen molar-refractivity contribution in [2.45, 2.75) is 6.92 Å². The van der Waals surface area contributed by atoms with Crippen LogP contribution in [0, 0.1) is 17.0 Å². The molecule has 0 atom stereocenters. The van der Waals surface area contributed by atoms with E-state index in [0.717, 1.165) is 28.4 Å². The lowest BCUT2D eigenvalue weighted by Gasteiger charge is -2.12. The summed E-state index contributed by atoms with van der Waals surface area (Å²) in [4.78, 5) is 10.4. The van der Waals surface area contributed by atoms with Crippen molar-refractivity contribution in [3.05, 3.63) is 76.5 Å². The maximum Gasteiger partial charge on any atom is 0.269 e. The molecular formula is C18H16N2O3. The highest BCUT2D eigenvalue weighted by Crippen LogP contribution is 2.28. The topological polar surface area (TPSA) is 57.3 Å². The molecule has 0 fully saturated rings. The summed E-state index contributed by atoms with van der Waals surface area (Å²) in [6, 6.07) is 18.5. The molecule has 3 rings (SSSR count). The van der Waals surface area contributed by atoms with E-state index in [1.807, 2.05) is 43.3 Å². The van der Waals surface area contributed by atoms with Gasteiger partial charge in [-0.1, -0.05) is 0 Å². The molecule has 23 heavy (non-hydrogen) atoms. The van der Waals surface area contributed by atoms with Crippen molar-refractivity contribution in [3.63, 3.8) is 0 Å². The Kier molecular flexibility index (Phi) is 3.85. The van der Waals surface area contributed by atoms with Gasteiger partial charge in [0.15, 0.2) is 0 Å². The Balaban J connectivity index is 2.05. The van der Waals surface area contributed by atoms with Crippen LogP contribution in [-0.4, -0.2) is 16.6 Å². The number of aromatic nitrogens is 1. The largest absolute Gasteiger partial charge is 0.497 e. The fourth-order valence-electron chi connectivity index (χ4n) is 2.59. The van der Waals surface area contributed by atoms with E-state index < -0.39 is 4.92 Å². The molecule has 0 saturated carbocycles. The molecule has 0 amide bonds. The molecule has 1 aromatic heterocycles. The maximum absolute atomic E-state index is 10.8. The van der Waals surface area contributed by atoms with Crippen molar-refractivity contribution < 1.29 is 9.66 Å². The lowest BCUT2D eigenvalue weighted by atomic mass is 10.1. The summed E-state index contributed by atoms with van der Waals surface area (Å²) in [5, 5.41) is 10.8. The van der Waals surface area contributed by atoms with E-state index in [-0.39, 0.29) is 5.69 Å². The number of ether oxygens (including phenoxy) is 1. The molecule has 3 aromatic rings. The van der Waals surface area contributed by atoms with Crippen molar-refractivity contribution in [2.24, 2.45) is 0 Å². The molecule has 5 nitrogen and oxygen atoms in total. The Bertz CT molecular complexity index is 834. The molecule has 0 unspecified atom stereocenters. The van der Waals surface area contributed by atoms with Crippen LogP contribution in [0.5, 0.6) is 5.75 Å². The van der Waals surface area contributed by atoms with Gasteiger partial charge < -0.3 is 9.30 Å². The molecule has 0 N–H and O–H groups in total. The van der Waals surface area contributed by atoms with Gasteiger partial charge in [0, 0.05) is 23.5 Å². The minimum Gasteiger partial charge on any atom is -0.497 e. The van der Waals surface area contributed by atoms with Crippen molar-refractivity contribution in [1.82, 2.24) is 4.57 Å². The smallest absolute Gasteiger partial charge is 0.269 e. The zero-order valence-electron chi connectivity index (χ0n) is 12.9. The van der Waals surface area contributed by atoms with E-state index in [1.54, 1.807) is 19.2 Å². The zero-order valence-corrected chi connectivity index (χ0v) is 12.9. The molecular weight excluding hydrogens is 292 g/mol. The summed E-state index contributed by atoms with van der Waals surface area (Å²) in [5.41, 5.74) is 4.12. The van der Waals surface area contributed by atoms with Crippen LogP contribution in [0.15, 0.2) is 60.7 Å². The molecule has 1 heterocycles. The fraction of sp³-hybridized carbons (Fsp3) is 0.111. The number of nitro benzene ring substituents is 1. The van der Waals surface area contributed by atoms with Crippen molar-refractivity contribution >= 4 is 5.69 Å². The monoisotopic (exact) mass is 308 g/mol. The first-order valence-electron chi connectivity index (χ1n) is 7.18. The third-order valence-electron chi connectivity index (χ3n) is 3.78. The summed E-state index contributed by atoms with van der Waals surface area (Å²) in [6.07, 6.45) is 0. The Labute approximate surface area is 133 Å². The molecule has 2 aromatic carbocycles. The molecule has 0 spiro atoms. The second-order valence-electron chi connectivity index (χ2n) is 5.20. The number of hydrogen-bond donors (Lipinski definition) is 0. The number of methoxy groups -OCH3 is 1. The van der Waals surface area contributed by atoms with Crippen molar-refractivity contribution in [3.8, 4) is 22.7 Å². The first kappa shape index (κ1) is 14.8. The van der Waals surface area contributed by atoms with E-state index in [1.165, 1.54) is 12.1 Å². The van der Waals surface area contributed by atoms with Gasteiger partial charge in [0.2, 0.25) is 0 Å². The van der Waals surface area contributed by atoms with Crippen LogP contribution in [-0.2, 0) is 0 Å². The average molecular weight is 308 g/mol. The number of benzene rings is 2. The van der Waals surface area contributed by atoms with Gasteiger partial charge in [-0.05, 0) is 61.0 Å². The van der Waals surface area contributed by atoms with Crippen LogP contribution in [0.1, 0.15) is 5.69 Å². The van der Waals surface area contributed by atoms with Crippen LogP contribution in [0.2, 0.25) is 0 Å². The SMILES string of the molecule is COc1ccc(-c2ccc(C)n2-c2ccc([N+](=O)[O-])cc2)cc1. The highest BCUT2D eigenvalue weighted by molar-refractivity contribution is 5.65. The number of non-ortho nitro benzene ring substituents is 1. The molecule has 0 aliphatic rings. The van der Waals surface area contributed by atoms with Gasteiger partial charge in [0.05, 0.1) is 17.7 Å². The van der Waals surface area contributed by atoms with E-state index in [0.29, 0.717) is 0 Å². The highest BCUT2D eigenvalue weighted by atomic mass is 16.6. The van der Waals surface area contributed by atoms with Crippen LogP contribution in [0.25, 0.3) is 16.9 Å². The average Bonchev–Trinajstić information content (AvgIpc) is 2.96. The maximum atomic E-state index is 10.8. The Morgan fingerprint density at radius 2 is 1.61 bits per heavy atom. The molecule has 0 saturated heterocycles. The normalized spacial score (nSPS) is 10.5. The van der Waals surface area contributed by atoms with Crippen LogP contribution < -0.4 is 4.74 Å². The van der Waals surface area contributed by atoms with Gasteiger partial charge >= 0.3 is 0 Å². The molecule has 0 aliphatic carbocycles. The number of rotatable bonds is 4. The predicted octanol–water partition coefficient (Wildman–Crippen LogP) is 4.37. The standard InChI is InChI=1S/C18H16N2O3/c1-13-3-12-18(14-4-10-17(23-2)11-5-14)19(13)15-6-8-16(9-7-15)20(21)22/h3-12H,1-2H3. The van der Waals surface area contributed by atoms with E-state index in [4.69, 9.17) is 4.74 Å². The quantitative estimate of drug-likeness (QED) is 0.531. The molecule has 0 aliphatic heterocycles. The fourth-order valence-corrected chi connectivity index (χ4v) is 2.59. The Morgan fingerprint density at radius 1 is 0.957 bits per heavy atom. The Morgan fingerprint density at radius 3 is 2.17 bits per heavy atom. The van der Waals surface area contributed by atoms with E-state index in [2.05, 4.69) is 4.57 Å². The molecule has 0 radical (unpaired) electrons.